The van der Waals surface area contributed by atoms with Crippen LogP contribution in [0.3, 0.4) is 0 Å². The zero-order chi connectivity index (χ0) is 36.6. The van der Waals surface area contributed by atoms with Crippen molar-refractivity contribution in [3.05, 3.63) is 212 Å². The largest absolute Gasteiger partial charge is 0.152 e. The number of rotatable bonds is 0. The summed E-state index contributed by atoms with van der Waals surface area (Å²) in [5.41, 5.74) is 16.9. The van der Waals surface area contributed by atoms with Gasteiger partial charge in [-0.15, -0.1) is 0 Å². The van der Waals surface area contributed by atoms with Crippen LogP contribution < -0.4 is 0 Å². The molecule has 54 heavy (non-hydrogen) atoms. The molecule has 16 heterocycles. The summed E-state index contributed by atoms with van der Waals surface area (Å²) < 4.78 is 0. The summed E-state index contributed by atoms with van der Waals surface area (Å²) in [4.78, 5) is 0. The van der Waals surface area contributed by atoms with Gasteiger partial charge in [-0.1, -0.05) is 146 Å². The predicted molar refractivity (Wildman–Crippen MR) is 249 cm³/mol. The van der Waals surface area contributed by atoms with Crippen LogP contribution in [0.1, 0.15) is 66.8 Å². The van der Waals surface area contributed by atoms with Crippen molar-refractivity contribution in [2.75, 3.05) is 0 Å². The van der Waals surface area contributed by atoms with E-state index in [2.05, 4.69) is 146 Å². The van der Waals surface area contributed by atoms with Crippen molar-refractivity contribution in [3.63, 3.8) is 0 Å². The topological polar surface area (TPSA) is 0 Å². The van der Waals surface area contributed by atoms with Crippen LogP contribution in [0.2, 0.25) is 0 Å². The molecular formula is C48H48S6. The molecule has 6 aromatic carbocycles. The van der Waals surface area contributed by atoms with Crippen LogP contribution in [0.25, 0.3) is 0 Å². The van der Waals surface area contributed by atoms with Crippen molar-refractivity contribution in [1.29, 1.82) is 0 Å². The molecular weight excluding hydrogens is 769 g/mol. The summed E-state index contributed by atoms with van der Waals surface area (Å²) in [5, 5.41) is 0. The Morgan fingerprint density at radius 1 is 0.148 bits per heavy atom. The lowest BCUT2D eigenvalue weighted by molar-refractivity contribution is 1.29. The summed E-state index contributed by atoms with van der Waals surface area (Å²) in [7, 11) is 0. The molecule has 0 unspecified atom stereocenters. The summed E-state index contributed by atoms with van der Waals surface area (Å²) in [5.74, 6) is 12.6. The van der Waals surface area contributed by atoms with Gasteiger partial charge in [0.1, 0.15) is 0 Å². The van der Waals surface area contributed by atoms with E-state index in [1.807, 2.05) is 70.6 Å². The lowest BCUT2D eigenvalue weighted by atomic mass is 10.2. The fourth-order valence-corrected chi connectivity index (χ4v) is 11.9. The fourth-order valence-electron chi connectivity index (χ4n) is 6.11. The molecule has 0 radical (unpaired) electrons. The van der Waals surface area contributed by atoms with E-state index in [0.717, 1.165) is 69.0 Å². The maximum Gasteiger partial charge on any atom is 0.0187 e. The van der Waals surface area contributed by atoms with Crippen molar-refractivity contribution in [3.8, 4) is 0 Å². The SMILES string of the molecule is c1cc2ccc1CSCc1ccc(cc1)CSCc1ccc(cc1)CSCc1ccc(cc1)CSCc1ccc(cc1)CSCc1ccc(cc1)CSC2. The van der Waals surface area contributed by atoms with E-state index in [1.165, 1.54) is 66.8 Å². The second kappa shape index (κ2) is 21.6. The highest BCUT2D eigenvalue weighted by Gasteiger charge is 2.04. The first kappa shape index (κ1) is 39.6. The van der Waals surface area contributed by atoms with Gasteiger partial charge >= 0.3 is 0 Å². The highest BCUT2D eigenvalue weighted by molar-refractivity contribution is 7.98. The standard InChI is InChI=1S/C48H48S6/c1-2-38-4-3-37(1)25-49-27-39-5-7-41(8-6-39)29-51-31-43-13-15-45(16-14-43)33-53-35-47-21-23-48(24-22-47)36-54-34-46-19-17-44(18-20-46)32-52-30-42-11-9-40(10-12-42)28-50-26-38/h1-24H,25-36H2. The molecule has 22 rings (SSSR count). The zero-order valence-electron chi connectivity index (χ0n) is 30.8. The number of hydrogen-bond acceptors (Lipinski definition) is 6. The molecule has 0 amide bonds. The molecule has 0 spiro atoms. The van der Waals surface area contributed by atoms with Crippen molar-refractivity contribution in [2.24, 2.45) is 0 Å². The molecule has 0 nitrogen and oxygen atoms in total. The predicted octanol–water partition coefficient (Wildman–Crippen LogP) is 14.6. The quantitative estimate of drug-likeness (QED) is 0.149. The normalized spacial score (nSPS) is 15.6. The van der Waals surface area contributed by atoms with Crippen LogP contribution in [-0.4, -0.2) is 0 Å². The van der Waals surface area contributed by atoms with Crippen LogP contribution in [-0.2, 0) is 69.0 Å². The molecule has 0 saturated heterocycles. The first-order chi connectivity index (χ1) is 26.7. The summed E-state index contributed by atoms with van der Waals surface area (Å²) in [6.45, 7) is 0. The van der Waals surface area contributed by atoms with Gasteiger partial charge in [0.05, 0.1) is 0 Å². The van der Waals surface area contributed by atoms with Gasteiger partial charge in [-0.05, 0) is 66.8 Å². The average molecular weight is 817 g/mol. The van der Waals surface area contributed by atoms with Crippen molar-refractivity contribution < 1.29 is 0 Å². The minimum absolute atomic E-state index is 1.05. The van der Waals surface area contributed by atoms with Gasteiger partial charge in [0, 0.05) is 69.0 Å². The van der Waals surface area contributed by atoms with Gasteiger partial charge in [-0.25, -0.2) is 0 Å². The molecule has 276 valence electrons. The Morgan fingerprint density at radius 3 is 0.296 bits per heavy atom. The van der Waals surface area contributed by atoms with Crippen LogP contribution in [0.4, 0.5) is 0 Å². The fraction of sp³-hybridized carbons (Fsp3) is 0.250. The van der Waals surface area contributed by atoms with Crippen LogP contribution in [0.5, 0.6) is 0 Å². The average Bonchev–Trinajstić information content (AvgIpc) is 3.21. The van der Waals surface area contributed by atoms with E-state index in [4.69, 9.17) is 0 Å². The molecule has 12 bridgehead atoms. The third-order valence-electron chi connectivity index (χ3n) is 9.36. The van der Waals surface area contributed by atoms with Gasteiger partial charge in [0.25, 0.3) is 0 Å². The Labute approximate surface area is 349 Å². The second-order valence-electron chi connectivity index (χ2n) is 13.9. The molecule has 16 aliphatic heterocycles. The second-order valence-corrected chi connectivity index (χ2v) is 19.8. The smallest absolute Gasteiger partial charge is 0.0187 e. The van der Waals surface area contributed by atoms with E-state index in [0.29, 0.717) is 0 Å². The monoisotopic (exact) mass is 816 g/mol. The molecule has 6 aromatic rings. The Hall–Kier alpha value is -2.58. The van der Waals surface area contributed by atoms with Gasteiger partial charge in [0.15, 0.2) is 0 Å². The Morgan fingerprint density at radius 2 is 0.222 bits per heavy atom. The summed E-state index contributed by atoms with van der Waals surface area (Å²) in [6.07, 6.45) is 0. The van der Waals surface area contributed by atoms with E-state index < -0.39 is 0 Å². The first-order valence-electron chi connectivity index (χ1n) is 18.6. The minimum Gasteiger partial charge on any atom is -0.152 e. The molecule has 6 heteroatoms. The van der Waals surface area contributed by atoms with Crippen LogP contribution in [0.15, 0.2) is 146 Å². The lowest BCUT2D eigenvalue weighted by Crippen LogP contribution is -1.89. The Balaban J connectivity index is 0.924. The molecule has 0 aliphatic carbocycles. The summed E-state index contributed by atoms with van der Waals surface area (Å²) in [6, 6.07) is 55.5. The third-order valence-corrected chi connectivity index (χ3v) is 15.8. The Bertz CT molecular complexity index is 1450. The summed E-state index contributed by atoms with van der Waals surface area (Å²) >= 11 is 12.0. The maximum atomic E-state index is 2.31. The maximum absolute atomic E-state index is 2.31. The number of thioether (sulfide) groups is 6. The van der Waals surface area contributed by atoms with Crippen molar-refractivity contribution >= 4 is 70.6 Å². The Kier molecular flexibility index (Phi) is 15.9. The highest BCUT2D eigenvalue weighted by Crippen LogP contribution is 2.26. The number of hydrogen-bond donors (Lipinski definition) is 0. The lowest BCUT2D eigenvalue weighted by Gasteiger charge is -2.08. The van der Waals surface area contributed by atoms with Gasteiger partial charge < -0.3 is 0 Å². The molecule has 0 saturated carbocycles. The molecule has 16 aliphatic rings. The number of benzene rings is 6. The molecule has 0 fully saturated rings. The van der Waals surface area contributed by atoms with E-state index in [9.17, 15) is 0 Å². The van der Waals surface area contributed by atoms with Gasteiger partial charge in [-0.2, -0.15) is 70.6 Å². The first-order valence-corrected chi connectivity index (χ1v) is 25.6. The van der Waals surface area contributed by atoms with E-state index in [-0.39, 0.29) is 0 Å². The molecule has 0 N–H and O–H groups in total. The minimum atomic E-state index is 1.05. The van der Waals surface area contributed by atoms with Gasteiger partial charge in [0.2, 0.25) is 0 Å². The highest BCUT2D eigenvalue weighted by atomic mass is 32.2. The van der Waals surface area contributed by atoms with Crippen molar-refractivity contribution in [2.45, 2.75) is 69.0 Å². The van der Waals surface area contributed by atoms with E-state index in [1.54, 1.807) is 0 Å². The third kappa shape index (κ3) is 13.3. The van der Waals surface area contributed by atoms with Crippen LogP contribution in [0, 0.1) is 0 Å². The van der Waals surface area contributed by atoms with Gasteiger partial charge in [-0.3, -0.25) is 0 Å². The van der Waals surface area contributed by atoms with Crippen molar-refractivity contribution in [1.82, 2.24) is 0 Å². The zero-order valence-corrected chi connectivity index (χ0v) is 35.7. The molecule has 0 aromatic heterocycles. The van der Waals surface area contributed by atoms with Crippen LogP contribution >= 0.6 is 70.6 Å². The molecule has 0 atom stereocenters. The van der Waals surface area contributed by atoms with E-state index >= 15 is 0 Å².